The summed E-state index contributed by atoms with van der Waals surface area (Å²) in [5.74, 6) is 2.70. The van der Waals surface area contributed by atoms with Crippen LogP contribution >= 0.6 is 0 Å². The topological polar surface area (TPSA) is 17.6 Å². The standard InChI is InChI=1S/2C13H25N2/c2*1-4-5-6-7-8-9-10-15-12-11-14(3)13(15)2/h2*11-12H,4-10H2,1-3H3/q2*+1. The van der Waals surface area contributed by atoms with Crippen LogP contribution < -0.4 is 9.13 Å². The van der Waals surface area contributed by atoms with Crippen LogP contribution in [-0.4, -0.2) is 9.13 Å². The molecule has 30 heavy (non-hydrogen) atoms. The highest BCUT2D eigenvalue weighted by atomic mass is 15.1. The molecule has 2 heterocycles. The highest BCUT2D eigenvalue weighted by Gasteiger charge is 2.08. The van der Waals surface area contributed by atoms with E-state index in [1.807, 2.05) is 0 Å². The fourth-order valence-corrected chi connectivity index (χ4v) is 3.80. The van der Waals surface area contributed by atoms with Gasteiger partial charge in [-0.25, -0.2) is 18.3 Å². The van der Waals surface area contributed by atoms with E-state index in [9.17, 15) is 0 Å². The van der Waals surface area contributed by atoms with Gasteiger partial charge in [0.05, 0.1) is 27.2 Å². The summed E-state index contributed by atoms with van der Waals surface area (Å²) in [6.07, 6.45) is 25.1. The van der Waals surface area contributed by atoms with Crippen LogP contribution in [0.1, 0.15) is 103 Å². The van der Waals surface area contributed by atoms with Crippen molar-refractivity contribution in [2.45, 2.75) is 118 Å². The van der Waals surface area contributed by atoms with Gasteiger partial charge in [-0.2, -0.15) is 0 Å². The maximum atomic E-state index is 2.35. The first-order valence-electron chi connectivity index (χ1n) is 12.5. The van der Waals surface area contributed by atoms with E-state index >= 15 is 0 Å². The SMILES string of the molecule is CCCCCCCCn1cc[n+](C)c1C.CCCCCCCCn1cc[n+](C)c1C. The van der Waals surface area contributed by atoms with Crippen molar-refractivity contribution in [2.75, 3.05) is 0 Å². The molecule has 4 heteroatoms. The second-order valence-corrected chi connectivity index (χ2v) is 8.83. The van der Waals surface area contributed by atoms with Crippen LogP contribution in [0.4, 0.5) is 0 Å². The van der Waals surface area contributed by atoms with Crippen LogP contribution in [0, 0.1) is 13.8 Å². The van der Waals surface area contributed by atoms with Crippen molar-refractivity contribution in [3.8, 4) is 0 Å². The van der Waals surface area contributed by atoms with Crippen molar-refractivity contribution in [1.82, 2.24) is 9.13 Å². The van der Waals surface area contributed by atoms with Gasteiger partial charge < -0.3 is 0 Å². The molecule has 0 fully saturated rings. The molecule has 2 aromatic rings. The number of aromatic nitrogens is 4. The van der Waals surface area contributed by atoms with E-state index in [4.69, 9.17) is 0 Å². The molecule has 0 bridgehead atoms. The van der Waals surface area contributed by atoms with Crippen molar-refractivity contribution in [1.29, 1.82) is 0 Å². The summed E-state index contributed by atoms with van der Waals surface area (Å²) in [7, 11) is 4.21. The van der Waals surface area contributed by atoms with E-state index in [2.05, 4.69) is 84.8 Å². The molecule has 0 N–H and O–H groups in total. The Balaban J connectivity index is 0.000000300. The third-order valence-electron chi connectivity index (χ3n) is 6.30. The highest BCUT2D eigenvalue weighted by molar-refractivity contribution is 4.79. The summed E-state index contributed by atoms with van der Waals surface area (Å²) in [5, 5.41) is 0. The zero-order valence-electron chi connectivity index (χ0n) is 21.0. The van der Waals surface area contributed by atoms with E-state index in [0.717, 1.165) is 0 Å². The minimum absolute atomic E-state index is 1.18. The Kier molecular flexibility index (Phi) is 14.2. The molecule has 0 unspecified atom stereocenters. The Bertz CT molecular complexity index is 610. The molecular weight excluding hydrogens is 368 g/mol. The molecule has 0 aliphatic rings. The number of imidazole rings is 2. The zero-order chi connectivity index (χ0) is 22.2. The van der Waals surface area contributed by atoms with Crippen molar-refractivity contribution >= 4 is 0 Å². The maximum absolute atomic E-state index is 2.35. The zero-order valence-corrected chi connectivity index (χ0v) is 21.0. The number of rotatable bonds is 14. The van der Waals surface area contributed by atoms with Gasteiger partial charge in [0.1, 0.15) is 24.8 Å². The van der Waals surface area contributed by atoms with Crippen LogP contribution in [0.5, 0.6) is 0 Å². The van der Waals surface area contributed by atoms with Gasteiger partial charge in [0.15, 0.2) is 0 Å². The molecule has 2 aromatic heterocycles. The van der Waals surface area contributed by atoms with Gasteiger partial charge in [-0.15, -0.1) is 0 Å². The number of unbranched alkanes of at least 4 members (excludes halogenated alkanes) is 10. The quantitative estimate of drug-likeness (QED) is 0.266. The maximum Gasteiger partial charge on any atom is 0.253 e. The third-order valence-corrected chi connectivity index (χ3v) is 6.30. The minimum atomic E-state index is 1.18. The average molecular weight is 419 g/mol. The summed E-state index contributed by atoms with van der Waals surface area (Å²) >= 11 is 0. The second kappa shape index (κ2) is 16.2. The molecule has 0 spiro atoms. The first kappa shape index (κ1) is 26.5. The molecule has 0 radical (unpaired) electrons. The second-order valence-electron chi connectivity index (χ2n) is 8.83. The Labute approximate surface area is 186 Å². The van der Waals surface area contributed by atoms with Gasteiger partial charge in [0, 0.05) is 13.8 Å². The van der Waals surface area contributed by atoms with E-state index in [0.29, 0.717) is 0 Å². The third kappa shape index (κ3) is 10.4. The minimum Gasteiger partial charge on any atom is -0.237 e. The summed E-state index contributed by atoms with van der Waals surface area (Å²) in [4.78, 5) is 0. The van der Waals surface area contributed by atoms with Crippen LogP contribution in [0.15, 0.2) is 24.8 Å². The normalized spacial score (nSPS) is 10.9. The van der Waals surface area contributed by atoms with Gasteiger partial charge in [0.2, 0.25) is 0 Å². The molecule has 0 aromatic carbocycles. The largest absolute Gasteiger partial charge is 0.253 e. The van der Waals surface area contributed by atoms with E-state index in [1.54, 1.807) is 0 Å². The molecule has 0 amide bonds. The summed E-state index contributed by atoms with van der Waals surface area (Å²) in [6.45, 7) is 11.2. The lowest BCUT2D eigenvalue weighted by Gasteiger charge is -2.00. The van der Waals surface area contributed by atoms with Gasteiger partial charge in [0.25, 0.3) is 11.6 Å². The lowest BCUT2D eigenvalue weighted by atomic mass is 10.1. The molecule has 0 aliphatic heterocycles. The van der Waals surface area contributed by atoms with Crippen molar-refractivity contribution in [2.24, 2.45) is 14.1 Å². The van der Waals surface area contributed by atoms with Crippen LogP contribution in [0.3, 0.4) is 0 Å². The van der Waals surface area contributed by atoms with Crippen LogP contribution in [0.25, 0.3) is 0 Å². The highest BCUT2D eigenvalue weighted by Crippen LogP contribution is 2.07. The molecule has 0 aliphatic carbocycles. The molecule has 172 valence electrons. The van der Waals surface area contributed by atoms with Crippen molar-refractivity contribution in [3.05, 3.63) is 36.4 Å². The number of nitrogens with zero attached hydrogens (tertiary/aromatic N) is 4. The smallest absolute Gasteiger partial charge is 0.237 e. The van der Waals surface area contributed by atoms with Gasteiger partial charge in [-0.3, -0.25) is 0 Å². The number of hydrogen-bond donors (Lipinski definition) is 0. The molecular formula is C26H50N4+2. The first-order chi connectivity index (χ1) is 14.5. The Morgan fingerprint density at radius 2 is 0.900 bits per heavy atom. The fourth-order valence-electron chi connectivity index (χ4n) is 3.80. The van der Waals surface area contributed by atoms with Crippen LogP contribution in [-0.2, 0) is 27.2 Å². The van der Waals surface area contributed by atoms with Crippen molar-refractivity contribution < 1.29 is 9.13 Å². The van der Waals surface area contributed by atoms with E-state index in [1.165, 1.54) is 102 Å². The fraction of sp³-hybridized carbons (Fsp3) is 0.769. The molecule has 4 nitrogen and oxygen atoms in total. The Hall–Kier alpha value is -1.58. The van der Waals surface area contributed by atoms with Gasteiger partial charge in [-0.05, 0) is 25.7 Å². The Morgan fingerprint density at radius 3 is 1.20 bits per heavy atom. The predicted molar refractivity (Wildman–Crippen MR) is 127 cm³/mol. The van der Waals surface area contributed by atoms with Crippen LogP contribution in [0.2, 0.25) is 0 Å². The molecule has 0 saturated heterocycles. The molecule has 2 rings (SSSR count). The Morgan fingerprint density at radius 1 is 0.567 bits per heavy atom. The summed E-state index contributed by atoms with van der Waals surface area (Å²) < 4.78 is 9.05. The predicted octanol–water partition coefficient (Wildman–Crippen LogP) is 5.96. The number of aryl methyl sites for hydroxylation is 4. The van der Waals surface area contributed by atoms with Crippen molar-refractivity contribution in [3.63, 3.8) is 0 Å². The average Bonchev–Trinajstić information content (AvgIpc) is 3.24. The summed E-state index contributed by atoms with van der Waals surface area (Å²) in [6, 6.07) is 0. The lowest BCUT2D eigenvalue weighted by molar-refractivity contribution is -0.677. The van der Waals surface area contributed by atoms with E-state index < -0.39 is 0 Å². The van der Waals surface area contributed by atoms with Gasteiger partial charge in [-0.1, -0.05) is 65.2 Å². The first-order valence-corrected chi connectivity index (χ1v) is 12.5. The van der Waals surface area contributed by atoms with E-state index in [-0.39, 0.29) is 0 Å². The van der Waals surface area contributed by atoms with Gasteiger partial charge >= 0.3 is 0 Å². The lowest BCUT2D eigenvalue weighted by Crippen LogP contribution is -2.29. The summed E-state index contributed by atoms with van der Waals surface area (Å²) in [5.41, 5.74) is 0. The number of hydrogen-bond acceptors (Lipinski definition) is 0. The monoisotopic (exact) mass is 418 g/mol. The molecule has 0 saturated carbocycles. The molecule has 0 atom stereocenters.